The van der Waals surface area contributed by atoms with Gasteiger partial charge in [-0.15, -0.1) is 0 Å². The fraction of sp³-hybridized carbons (Fsp3) is 0.273. The van der Waals surface area contributed by atoms with Crippen LogP contribution in [0, 0.1) is 0 Å². The highest BCUT2D eigenvalue weighted by atomic mass is 32.2. The minimum absolute atomic E-state index is 0.0585. The van der Waals surface area contributed by atoms with Crippen LogP contribution in [0.5, 0.6) is 5.75 Å². The number of carbonyl (C=O) groups is 1. The van der Waals surface area contributed by atoms with E-state index in [-0.39, 0.29) is 5.91 Å². The molecule has 1 aromatic rings. The molecule has 0 aromatic heterocycles. The van der Waals surface area contributed by atoms with E-state index in [9.17, 15) is 4.79 Å². The van der Waals surface area contributed by atoms with Crippen LogP contribution >= 0.6 is 11.8 Å². The maximum Gasteiger partial charge on any atom is 0.257 e. The van der Waals surface area contributed by atoms with Crippen molar-refractivity contribution in [1.82, 2.24) is 0 Å². The highest BCUT2D eigenvalue weighted by Crippen LogP contribution is 2.22. The Morgan fingerprint density at radius 2 is 2.40 bits per heavy atom. The van der Waals surface area contributed by atoms with E-state index < -0.39 is 0 Å². The second-order valence-electron chi connectivity index (χ2n) is 3.06. The summed E-state index contributed by atoms with van der Waals surface area (Å²) in [6.07, 6.45) is 0. The SMILES string of the molecule is CCOc1cccc(C2=NC(=O)CS2)c1. The van der Waals surface area contributed by atoms with Gasteiger partial charge in [0.25, 0.3) is 5.91 Å². The van der Waals surface area contributed by atoms with Crippen molar-refractivity contribution in [2.75, 3.05) is 12.4 Å². The minimum Gasteiger partial charge on any atom is -0.494 e. The maximum absolute atomic E-state index is 11.0. The molecule has 0 atom stereocenters. The maximum atomic E-state index is 11.0. The van der Waals surface area contributed by atoms with Gasteiger partial charge in [-0.25, -0.2) is 4.99 Å². The zero-order valence-corrected chi connectivity index (χ0v) is 9.21. The van der Waals surface area contributed by atoms with Crippen LogP contribution in [-0.2, 0) is 4.79 Å². The molecule has 1 amide bonds. The molecule has 2 rings (SSSR count). The van der Waals surface area contributed by atoms with Crippen LogP contribution in [0.4, 0.5) is 0 Å². The molecule has 3 nitrogen and oxygen atoms in total. The summed E-state index contributed by atoms with van der Waals surface area (Å²) in [6, 6.07) is 7.65. The molecular formula is C11H11NO2S. The first-order chi connectivity index (χ1) is 7.29. The van der Waals surface area contributed by atoms with Gasteiger partial charge in [0, 0.05) is 5.56 Å². The summed E-state index contributed by atoms with van der Waals surface area (Å²) < 4.78 is 5.38. The fourth-order valence-corrected chi connectivity index (χ4v) is 2.13. The third-order valence-electron chi connectivity index (χ3n) is 1.95. The van der Waals surface area contributed by atoms with E-state index in [1.54, 1.807) is 0 Å². The van der Waals surface area contributed by atoms with Crippen LogP contribution in [0.25, 0.3) is 0 Å². The Bertz CT molecular complexity index is 415. The lowest BCUT2D eigenvalue weighted by Gasteiger charge is -2.04. The molecule has 0 bridgehead atoms. The number of rotatable bonds is 3. The zero-order valence-electron chi connectivity index (χ0n) is 8.40. The fourth-order valence-electron chi connectivity index (χ4n) is 1.34. The Balaban J connectivity index is 2.25. The summed E-state index contributed by atoms with van der Waals surface area (Å²) in [6.45, 7) is 2.58. The van der Waals surface area contributed by atoms with Gasteiger partial charge in [-0.05, 0) is 19.1 Å². The van der Waals surface area contributed by atoms with Crippen molar-refractivity contribution in [3.63, 3.8) is 0 Å². The summed E-state index contributed by atoms with van der Waals surface area (Å²) in [5, 5.41) is 0.793. The van der Waals surface area contributed by atoms with Crippen LogP contribution < -0.4 is 4.74 Å². The Morgan fingerprint density at radius 1 is 1.53 bits per heavy atom. The van der Waals surface area contributed by atoms with Crippen molar-refractivity contribution < 1.29 is 9.53 Å². The Morgan fingerprint density at radius 3 is 3.07 bits per heavy atom. The van der Waals surface area contributed by atoms with E-state index >= 15 is 0 Å². The van der Waals surface area contributed by atoms with Crippen LogP contribution in [0.1, 0.15) is 12.5 Å². The van der Waals surface area contributed by atoms with Gasteiger partial charge in [0.2, 0.25) is 0 Å². The number of carbonyl (C=O) groups excluding carboxylic acids is 1. The van der Waals surface area contributed by atoms with Gasteiger partial charge < -0.3 is 4.74 Å². The zero-order chi connectivity index (χ0) is 10.7. The second kappa shape index (κ2) is 4.49. The molecule has 0 saturated carbocycles. The summed E-state index contributed by atoms with van der Waals surface area (Å²) in [5.41, 5.74) is 0.955. The van der Waals surface area contributed by atoms with Gasteiger partial charge >= 0.3 is 0 Å². The van der Waals surface area contributed by atoms with E-state index in [0.717, 1.165) is 16.4 Å². The van der Waals surface area contributed by atoms with E-state index in [1.807, 2.05) is 31.2 Å². The summed E-state index contributed by atoms with van der Waals surface area (Å²) in [7, 11) is 0. The van der Waals surface area contributed by atoms with Crippen molar-refractivity contribution >= 4 is 22.7 Å². The molecule has 0 unspecified atom stereocenters. The molecular weight excluding hydrogens is 210 g/mol. The first-order valence-electron chi connectivity index (χ1n) is 4.77. The van der Waals surface area contributed by atoms with Gasteiger partial charge in [0.05, 0.1) is 12.4 Å². The normalized spacial score (nSPS) is 15.3. The Labute approximate surface area is 92.5 Å². The van der Waals surface area contributed by atoms with E-state index in [0.29, 0.717) is 12.4 Å². The highest BCUT2D eigenvalue weighted by molar-refractivity contribution is 8.15. The van der Waals surface area contributed by atoms with E-state index in [4.69, 9.17) is 4.74 Å². The first-order valence-corrected chi connectivity index (χ1v) is 5.75. The van der Waals surface area contributed by atoms with Crippen molar-refractivity contribution in [1.29, 1.82) is 0 Å². The molecule has 0 N–H and O–H groups in total. The van der Waals surface area contributed by atoms with Crippen LogP contribution in [0.3, 0.4) is 0 Å². The largest absolute Gasteiger partial charge is 0.494 e. The van der Waals surface area contributed by atoms with Gasteiger partial charge in [0.1, 0.15) is 10.8 Å². The van der Waals surface area contributed by atoms with Gasteiger partial charge in [-0.1, -0.05) is 23.9 Å². The molecule has 0 radical (unpaired) electrons. The number of thioether (sulfide) groups is 1. The molecule has 0 saturated heterocycles. The number of hydrogen-bond acceptors (Lipinski definition) is 3. The van der Waals surface area contributed by atoms with Crippen LogP contribution in [0.2, 0.25) is 0 Å². The molecule has 1 aromatic carbocycles. The van der Waals surface area contributed by atoms with Crippen molar-refractivity contribution in [3.8, 4) is 5.75 Å². The second-order valence-corrected chi connectivity index (χ2v) is 4.02. The average Bonchev–Trinajstić information content (AvgIpc) is 2.66. The number of nitrogens with zero attached hydrogens (tertiary/aromatic N) is 1. The van der Waals surface area contributed by atoms with Gasteiger partial charge in [-0.2, -0.15) is 0 Å². The first kappa shape index (κ1) is 10.2. The highest BCUT2D eigenvalue weighted by Gasteiger charge is 2.16. The predicted molar refractivity (Wildman–Crippen MR) is 61.6 cm³/mol. The van der Waals surface area contributed by atoms with Crippen LogP contribution in [0.15, 0.2) is 29.3 Å². The molecule has 0 fully saturated rings. The number of hydrogen-bond donors (Lipinski definition) is 0. The lowest BCUT2D eigenvalue weighted by Crippen LogP contribution is -1.95. The predicted octanol–water partition coefficient (Wildman–Crippen LogP) is 2.11. The van der Waals surface area contributed by atoms with Crippen LogP contribution in [-0.4, -0.2) is 23.3 Å². The van der Waals surface area contributed by atoms with Gasteiger partial charge in [0.15, 0.2) is 0 Å². The molecule has 0 aliphatic carbocycles. The quantitative estimate of drug-likeness (QED) is 0.784. The minimum atomic E-state index is -0.0585. The van der Waals surface area contributed by atoms with E-state index in [1.165, 1.54) is 11.8 Å². The number of ether oxygens (including phenoxy) is 1. The Kier molecular flexibility index (Phi) is 3.06. The number of aliphatic imine (C=N–C) groups is 1. The van der Waals surface area contributed by atoms with Gasteiger partial charge in [-0.3, -0.25) is 4.79 Å². The number of amides is 1. The third-order valence-corrected chi connectivity index (χ3v) is 2.94. The molecule has 1 heterocycles. The summed E-state index contributed by atoms with van der Waals surface area (Å²) >= 11 is 1.48. The molecule has 4 heteroatoms. The summed E-state index contributed by atoms with van der Waals surface area (Å²) in [4.78, 5) is 14.9. The molecule has 1 aliphatic heterocycles. The van der Waals surface area contributed by atoms with Crippen molar-refractivity contribution in [2.24, 2.45) is 4.99 Å². The smallest absolute Gasteiger partial charge is 0.257 e. The third kappa shape index (κ3) is 2.39. The number of benzene rings is 1. The van der Waals surface area contributed by atoms with E-state index in [2.05, 4.69) is 4.99 Å². The molecule has 0 spiro atoms. The average molecular weight is 221 g/mol. The monoisotopic (exact) mass is 221 g/mol. The lowest BCUT2D eigenvalue weighted by molar-refractivity contribution is -0.115. The molecule has 78 valence electrons. The lowest BCUT2D eigenvalue weighted by atomic mass is 10.2. The molecule has 15 heavy (non-hydrogen) atoms. The van der Waals surface area contributed by atoms with Crippen molar-refractivity contribution in [3.05, 3.63) is 29.8 Å². The standard InChI is InChI=1S/C11H11NO2S/c1-2-14-9-5-3-4-8(6-9)11-12-10(13)7-15-11/h3-6H,2,7H2,1H3. The van der Waals surface area contributed by atoms with Crippen molar-refractivity contribution in [2.45, 2.75) is 6.92 Å². The summed E-state index contributed by atoms with van der Waals surface area (Å²) in [5.74, 6) is 1.21. The topological polar surface area (TPSA) is 38.7 Å². The Hall–Kier alpha value is -1.29. The molecule has 1 aliphatic rings.